The minimum atomic E-state index is -0.536. The van der Waals surface area contributed by atoms with Crippen molar-refractivity contribution in [2.75, 3.05) is 13.2 Å². The Balaban J connectivity index is 2.04. The van der Waals surface area contributed by atoms with E-state index in [-0.39, 0.29) is 5.97 Å². The quantitative estimate of drug-likeness (QED) is 0.368. The Morgan fingerprint density at radius 1 is 1.05 bits per heavy atom. The Hall–Kier alpha value is -1.26. The second-order valence-corrected chi connectivity index (χ2v) is 6.94. The van der Waals surface area contributed by atoms with Gasteiger partial charge in [0, 0.05) is 0 Å². The van der Waals surface area contributed by atoms with E-state index in [0.29, 0.717) is 13.2 Å². The third-order valence-electron chi connectivity index (χ3n) is 3.50. The van der Waals surface area contributed by atoms with Crippen LogP contribution in [0.5, 0.6) is 0 Å². The summed E-state index contributed by atoms with van der Waals surface area (Å²) in [5.41, 5.74) is -0.536. The summed E-state index contributed by atoms with van der Waals surface area (Å²) >= 11 is 0. The summed E-state index contributed by atoms with van der Waals surface area (Å²) < 4.78 is 10.4. The number of nitrogens with zero attached hydrogens (tertiary/aromatic N) is 1. The van der Waals surface area contributed by atoms with Crippen LogP contribution in [0.2, 0.25) is 0 Å². The van der Waals surface area contributed by atoms with Crippen molar-refractivity contribution in [2.24, 2.45) is 0 Å². The largest absolute Gasteiger partial charge is 0.464 e. The van der Waals surface area contributed by atoms with Gasteiger partial charge in [-0.05, 0) is 27.2 Å². The van der Waals surface area contributed by atoms with E-state index >= 15 is 0 Å². The number of esters is 1. The Kier molecular flexibility index (Phi) is 7.69. The van der Waals surface area contributed by atoms with Crippen LogP contribution in [0.3, 0.4) is 0 Å². The van der Waals surface area contributed by atoms with Crippen LogP contribution in [0.15, 0.2) is 0 Å². The van der Waals surface area contributed by atoms with Crippen LogP contribution in [-0.4, -0.2) is 41.8 Å². The first-order valence-corrected chi connectivity index (χ1v) is 8.51. The molecule has 0 saturated carbocycles. The normalized spacial score (nSPS) is 17.3. The average Bonchev–Trinajstić information content (AvgIpc) is 3.20. The SMILES string of the molecule is CCCCCCCCCOC(=O)C1CN1C(=O)OC(C)(C)C. The zero-order valence-electron chi connectivity index (χ0n) is 14.5. The molecule has 0 aromatic rings. The van der Waals surface area contributed by atoms with Crippen molar-refractivity contribution >= 4 is 12.1 Å². The molecule has 1 aliphatic heterocycles. The van der Waals surface area contributed by atoms with Crippen LogP contribution in [0, 0.1) is 0 Å². The van der Waals surface area contributed by atoms with E-state index in [2.05, 4.69) is 6.92 Å². The standard InChI is InChI=1S/C17H31NO4/c1-5-6-7-8-9-10-11-12-21-15(19)14-13-18(14)16(20)22-17(2,3)4/h14H,5-13H2,1-4H3. The number of amides is 1. The number of hydrogen-bond donors (Lipinski definition) is 0. The monoisotopic (exact) mass is 313 g/mol. The summed E-state index contributed by atoms with van der Waals surface area (Å²) in [6.07, 6.45) is 7.87. The second kappa shape index (κ2) is 9.01. The zero-order chi connectivity index (χ0) is 16.6. The molecule has 1 aliphatic rings. The fraction of sp³-hybridized carbons (Fsp3) is 0.882. The fourth-order valence-electron chi connectivity index (χ4n) is 2.19. The van der Waals surface area contributed by atoms with Crippen LogP contribution in [0.4, 0.5) is 4.79 Å². The number of rotatable bonds is 9. The Bertz CT molecular complexity index is 362. The van der Waals surface area contributed by atoms with Crippen molar-refractivity contribution in [1.29, 1.82) is 0 Å². The van der Waals surface area contributed by atoms with E-state index in [4.69, 9.17) is 9.47 Å². The van der Waals surface area contributed by atoms with Crippen LogP contribution >= 0.6 is 0 Å². The molecule has 128 valence electrons. The molecule has 1 saturated heterocycles. The molecule has 1 heterocycles. The summed E-state index contributed by atoms with van der Waals surface area (Å²) in [6, 6.07) is -0.445. The number of unbranched alkanes of at least 4 members (excludes halogenated alkanes) is 6. The molecule has 1 atom stereocenters. The average molecular weight is 313 g/mol. The van der Waals surface area contributed by atoms with Crippen LogP contribution in [-0.2, 0) is 14.3 Å². The maximum Gasteiger partial charge on any atom is 0.411 e. The number of carbonyl (C=O) groups is 2. The van der Waals surface area contributed by atoms with Crippen molar-refractivity contribution in [1.82, 2.24) is 4.90 Å². The lowest BCUT2D eigenvalue weighted by Crippen LogP contribution is -2.29. The third kappa shape index (κ3) is 7.66. The molecule has 1 rings (SSSR count). The molecule has 1 amide bonds. The molecule has 0 spiro atoms. The van der Waals surface area contributed by atoms with Gasteiger partial charge in [0.25, 0.3) is 0 Å². The van der Waals surface area contributed by atoms with Gasteiger partial charge in [-0.25, -0.2) is 9.59 Å². The Morgan fingerprint density at radius 2 is 1.64 bits per heavy atom. The lowest BCUT2D eigenvalue weighted by Gasteiger charge is -2.19. The first-order valence-electron chi connectivity index (χ1n) is 8.51. The van der Waals surface area contributed by atoms with Gasteiger partial charge in [-0.15, -0.1) is 0 Å². The molecular formula is C17H31NO4. The van der Waals surface area contributed by atoms with Gasteiger partial charge in [0.1, 0.15) is 5.60 Å². The second-order valence-electron chi connectivity index (χ2n) is 6.94. The van der Waals surface area contributed by atoms with E-state index in [1.807, 2.05) is 20.8 Å². The summed E-state index contributed by atoms with van der Waals surface area (Å²) in [7, 11) is 0. The maximum absolute atomic E-state index is 11.8. The summed E-state index contributed by atoms with van der Waals surface area (Å²) in [5, 5.41) is 0. The first kappa shape index (κ1) is 18.8. The molecule has 0 N–H and O–H groups in total. The summed E-state index contributed by atoms with van der Waals surface area (Å²) in [4.78, 5) is 24.9. The van der Waals surface area contributed by atoms with Gasteiger partial charge in [0.15, 0.2) is 6.04 Å². The molecule has 5 heteroatoms. The first-order chi connectivity index (χ1) is 10.3. The molecule has 0 radical (unpaired) electrons. The van der Waals surface area contributed by atoms with Gasteiger partial charge in [-0.2, -0.15) is 0 Å². The van der Waals surface area contributed by atoms with Crippen LogP contribution in [0.1, 0.15) is 72.6 Å². The highest BCUT2D eigenvalue weighted by Crippen LogP contribution is 2.23. The van der Waals surface area contributed by atoms with E-state index in [1.165, 1.54) is 37.0 Å². The summed E-state index contributed by atoms with van der Waals surface area (Å²) in [5.74, 6) is -0.308. The molecule has 0 aromatic heterocycles. The molecular weight excluding hydrogens is 282 g/mol. The highest BCUT2D eigenvalue weighted by Gasteiger charge is 2.47. The Morgan fingerprint density at radius 3 is 2.23 bits per heavy atom. The maximum atomic E-state index is 11.8. The van der Waals surface area contributed by atoms with Crippen molar-refractivity contribution in [3.8, 4) is 0 Å². The zero-order valence-corrected chi connectivity index (χ0v) is 14.5. The van der Waals surface area contributed by atoms with E-state index in [1.54, 1.807) is 0 Å². The number of ether oxygens (including phenoxy) is 2. The van der Waals surface area contributed by atoms with Crippen molar-refractivity contribution in [2.45, 2.75) is 84.3 Å². The van der Waals surface area contributed by atoms with Gasteiger partial charge in [0.05, 0.1) is 13.2 Å². The minimum absolute atomic E-state index is 0.308. The van der Waals surface area contributed by atoms with E-state index in [9.17, 15) is 9.59 Å². The predicted octanol–water partition coefficient (Wildman–Crippen LogP) is 3.90. The van der Waals surface area contributed by atoms with Gasteiger partial charge in [-0.1, -0.05) is 45.4 Å². The van der Waals surface area contributed by atoms with E-state index < -0.39 is 17.7 Å². The van der Waals surface area contributed by atoms with Gasteiger partial charge in [0.2, 0.25) is 0 Å². The number of carbonyl (C=O) groups excluding carboxylic acids is 2. The molecule has 0 bridgehead atoms. The molecule has 22 heavy (non-hydrogen) atoms. The van der Waals surface area contributed by atoms with Gasteiger partial charge >= 0.3 is 12.1 Å². The molecule has 0 aliphatic carbocycles. The van der Waals surface area contributed by atoms with Gasteiger partial charge in [-0.3, -0.25) is 4.90 Å². The fourth-order valence-corrected chi connectivity index (χ4v) is 2.19. The van der Waals surface area contributed by atoms with Crippen LogP contribution in [0.25, 0.3) is 0 Å². The highest BCUT2D eigenvalue weighted by molar-refractivity contribution is 5.86. The molecule has 1 fully saturated rings. The lowest BCUT2D eigenvalue weighted by molar-refractivity contribution is -0.144. The number of hydrogen-bond acceptors (Lipinski definition) is 4. The van der Waals surface area contributed by atoms with Crippen molar-refractivity contribution < 1.29 is 19.1 Å². The molecule has 5 nitrogen and oxygen atoms in total. The van der Waals surface area contributed by atoms with Crippen molar-refractivity contribution in [3.05, 3.63) is 0 Å². The topological polar surface area (TPSA) is 55.6 Å². The predicted molar refractivity (Wildman–Crippen MR) is 85.7 cm³/mol. The molecule has 1 unspecified atom stereocenters. The Labute approximate surface area is 134 Å². The smallest absolute Gasteiger partial charge is 0.411 e. The van der Waals surface area contributed by atoms with Crippen LogP contribution < -0.4 is 0 Å². The van der Waals surface area contributed by atoms with E-state index in [0.717, 1.165) is 12.8 Å². The highest BCUT2D eigenvalue weighted by atomic mass is 16.6. The summed E-state index contributed by atoms with van der Waals surface area (Å²) in [6.45, 7) is 8.49. The van der Waals surface area contributed by atoms with Gasteiger partial charge < -0.3 is 9.47 Å². The third-order valence-corrected chi connectivity index (χ3v) is 3.50. The molecule has 0 aromatic carbocycles. The lowest BCUT2D eigenvalue weighted by atomic mass is 10.1. The van der Waals surface area contributed by atoms with Crippen molar-refractivity contribution in [3.63, 3.8) is 0 Å². The minimum Gasteiger partial charge on any atom is -0.464 e.